The Bertz CT molecular complexity index is 746. The molecule has 3 aromatic rings. The summed E-state index contributed by atoms with van der Waals surface area (Å²) in [4.78, 5) is 11.7. The molecule has 1 aromatic carbocycles. The zero-order valence-electron chi connectivity index (χ0n) is 10.6. The van der Waals surface area contributed by atoms with E-state index in [9.17, 15) is 4.79 Å². The predicted octanol–water partition coefficient (Wildman–Crippen LogP) is 4.47. The molecule has 4 heteroatoms. The number of rotatable bonds is 2. The lowest BCUT2D eigenvalue weighted by molar-refractivity contribution is 0.112. The largest absolute Gasteiger partial charge is 0.297 e. The van der Waals surface area contributed by atoms with Crippen LogP contribution < -0.4 is 4.50 Å². The highest BCUT2D eigenvalue weighted by atomic mass is 32.1. The monoisotopic (exact) mass is 290 g/mol. The third kappa shape index (κ3) is 1.85. The molecule has 0 amide bonds. The Morgan fingerprint density at radius 3 is 2.22 bits per heavy atom. The predicted molar refractivity (Wildman–Crippen MR) is 85.6 cm³/mol. The topological polar surface area (TPSA) is 17.1 Å². The van der Waals surface area contributed by atoms with Crippen molar-refractivity contribution in [2.45, 2.75) is 19.6 Å². The average molecular weight is 290 g/mol. The molecule has 0 unspecified atom stereocenters. The van der Waals surface area contributed by atoms with E-state index >= 15 is 0 Å². The molecule has 0 aliphatic carbocycles. The van der Waals surface area contributed by atoms with E-state index in [0.717, 1.165) is 11.2 Å². The molecule has 0 saturated carbocycles. The molecule has 0 aliphatic rings. The van der Waals surface area contributed by atoms with E-state index in [4.69, 9.17) is 0 Å². The van der Waals surface area contributed by atoms with E-state index < -0.39 is 8.07 Å². The molecule has 18 heavy (non-hydrogen) atoms. The highest BCUT2D eigenvalue weighted by Gasteiger charge is 2.20. The minimum Gasteiger partial charge on any atom is -0.297 e. The van der Waals surface area contributed by atoms with E-state index in [-0.39, 0.29) is 0 Å². The van der Waals surface area contributed by atoms with Crippen molar-refractivity contribution in [2.75, 3.05) is 0 Å². The minimum absolute atomic E-state index is 0.818. The third-order valence-corrected chi connectivity index (χ3v) is 8.78. The van der Waals surface area contributed by atoms with E-state index in [1.165, 1.54) is 24.7 Å². The standard InChI is InChI=1S/C14H14OS2Si/c1-18(2,3)14-7-11-10-6-9(8-15)16-12(10)4-5-13(11)17-14/h4-8H,1-3H3. The zero-order chi connectivity index (χ0) is 12.9. The highest BCUT2D eigenvalue weighted by Crippen LogP contribution is 2.34. The number of aldehydes is 1. The molecule has 2 aromatic heterocycles. The lowest BCUT2D eigenvalue weighted by Crippen LogP contribution is -2.34. The zero-order valence-corrected chi connectivity index (χ0v) is 13.2. The summed E-state index contributed by atoms with van der Waals surface area (Å²) in [5.41, 5.74) is 0. The first-order valence-electron chi connectivity index (χ1n) is 5.91. The van der Waals surface area contributed by atoms with Crippen LogP contribution in [0.5, 0.6) is 0 Å². The summed E-state index contributed by atoms with van der Waals surface area (Å²) in [5, 5.41) is 2.56. The third-order valence-electron chi connectivity index (χ3n) is 3.07. The van der Waals surface area contributed by atoms with Crippen LogP contribution in [0.25, 0.3) is 20.2 Å². The Hall–Kier alpha value is -0.973. The van der Waals surface area contributed by atoms with Crippen LogP contribution in [0, 0.1) is 0 Å². The van der Waals surface area contributed by atoms with Crippen LogP contribution in [0.2, 0.25) is 19.6 Å². The molecule has 0 spiro atoms. The molecule has 0 bridgehead atoms. The number of fused-ring (bicyclic) bond motifs is 3. The summed E-state index contributed by atoms with van der Waals surface area (Å²) in [6, 6.07) is 8.70. The van der Waals surface area contributed by atoms with Gasteiger partial charge in [-0.1, -0.05) is 19.6 Å². The molecule has 1 nitrogen and oxygen atoms in total. The van der Waals surface area contributed by atoms with Gasteiger partial charge in [0.15, 0.2) is 6.29 Å². The Balaban J connectivity index is 2.36. The number of carbonyl (C=O) groups is 1. The first-order valence-corrected chi connectivity index (χ1v) is 11.0. The van der Waals surface area contributed by atoms with Crippen molar-refractivity contribution in [3.05, 3.63) is 29.1 Å². The van der Waals surface area contributed by atoms with Crippen LogP contribution in [0.4, 0.5) is 0 Å². The number of hydrogen-bond acceptors (Lipinski definition) is 3. The SMILES string of the molecule is C[Si](C)(C)c1cc2c(ccc3sc(C=O)cc32)s1. The smallest absolute Gasteiger partial charge is 0.160 e. The summed E-state index contributed by atoms with van der Waals surface area (Å²) >= 11 is 3.49. The van der Waals surface area contributed by atoms with Gasteiger partial charge in [0.25, 0.3) is 0 Å². The fraction of sp³-hybridized carbons (Fsp3) is 0.214. The maximum Gasteiger partial charge on any atom is 0.160 e. The fourth-order valence-electron chi connectivity index (χ4n) is 2.08. The van der Waals surface area contributed by atoms with Crippen LogP contribution >= 0.6 is 22.7 Å². The van der Waals surface area contributed by atoms with Crippen LogP contribution in [0.1, 0.15) is 9.67 Å². The summed E-state index contributed by atoms with van der Waals surface area (Å²) in [6.45, 7) is 7.12. The van der Waals surface area contributed by atoms with Crippen LogP contribution in [-0.4, -0.2) is 14.4 Å². The maximum atomic E-state index is 10.9. The van der Waals surface area contributed by atoms with Gasteiger partial charge in [-0.05, 0) is 28.8 Å². The Morgan fingerprint density at radius 2 is 1.61 bits per heavy atom. The number of carbonyl (C=O) groups excluding carboxylic acids is 1. The molecule has 0 N–H and O–H groups in total. The lowest BCUT2D eigenvalue weighted by Gasteiger charge is -2.11. The van der Waals surface area contributed by atoms with Gasteiger partial charge in [0.2, 0.25) is 0 Å². The molecule has 0 saturated heterocycles. The van der Waals surface area contributed by atoms with Gasteiger partial charge in [-0.15, -0.1) is 22.7 Å². The van der Waals surface area contributed by atoms with Crippen molar-refractivity contribution in [3.63, 3.8) is 0 Å². The van der Waals surface area contributed by atoms with Crippen molar-refractivity contribution >= 4 is 61.7 Å². The molecule has 0 radical (unpaired) electrons. The van der Waals surface area contributed by atoms with Gasteiger partial charge in [0.1, 0.15) is 0 Å². The van der Waals surface area contributed by atoms with Gasteiger partial charge in [0, 0.05) is 20.2 Å². The van der Waals surface area contributed by atoms with Gasteiger partial charge in [0.05, 0.1) is 13.0 Å². The summed E-state index contributed by atoms with van der Waals surface area (Å²) in [6.07, 6.45) is 0.947. The van der Waals surface area contributed by atoms with Gasteiger partial charge >= 0.3 is 0 Å². The molecule has 92 valence electrons. The molecule has 0 aliphatic heterocycles. The van der Waals surface area contributed by atoms with E-state index in [1.807, 2.05) is 17.4 Å². The lowest BCUT2D eigenvalue weighted by atomic mass is 10.2. The summed E-state index contributed by atoms with van der Waals surface area (Å²) in [5.74, 6) is 0. The second-order valence-electron chi connectivity index (χ2n) is 5.52. The summed E-state index contributed by atoms with van der Waals surface area (Å²) in [7, 11) is -1.25. The van der Waals surface area contributed by atoms with E-state index in [1.54, 1.807) is 11.3 Å². The van der Waals surface area contributed by atoms with Gasteiger partial charge < -0.3 is 0 Å². The van der Waals surface area contributed by atoms with Gasteiger partial charge in [-0.3, -0.25) is 4.79 Å². The molecule has 2 heterocycles. The molecule has 0 atom stereocenters. The molecular weight excluding hydrogens is 276 g/mol. The van der Waals surface area contributed by atoms with Gasteiger partial charge in [-0.2, -0.15) is 0 Å². The Morgan fingerprint density at radius 1 is 1.00 bits per heavy atom. The first-order chi connectivity index (χ1) is 8.49. The fourth-order valence-corrected chi connectivity index (χ4v) is 5.93. The normalized spacial score (nSPS) is 12.4. The second-order valence-corrected chi connectivity index (χ2v) is 13.1. The Labute approximate surface area is 115 Å². The quantitative estimate of drug-likeness (QED) is 0.502. The van der Waals surface area contributed by atoms with Crippen LogP contribution in [0.15, 0.2) is 24.3 Å². The van der Waals surface area contributed by atoms with Crippen molar-refractivity contribution in [1.82, 2.24) is 0 Å². The number of hydrogen-bond donors (Lipinski definition) is 0. The van der Waals surface area contributed by atoms with Crippen LogP contribution in [-0.2, 0) is 0 Å². The van der Waals surface area contributed by atoms with Gasteiger partial charge in [-0.25, -0.2) is 0 Å². The average Bonchev–Trinajstić information content (AvgIpc) is 2.90. The Kier molecular flexibility index (Phi) is 2.69. The maximum absolute atomic E-state index is 10.9. The van der Waals surface area contributed by atoms with Crippen molar-refractivity contribution in [2.24, 2.45) is 0 Å². The second kappa shape index (κ2) is 4.01. The van der Waals surface area contributed by atoms with Crippen molar-refractivity contribution in [3.8, 4) is 0 Å². The number of benzene rings is 1. The minimum atomic E-state index is -1.25. The molecule has 3 rings (SSSR count). The van der Waals surface area contributed by atoms with Crippen molar-refractivity contribution in [1.29, 1.82) is 0 Å². The molecular formula is C14H14OS2Si. The first kappa shape index (κ1) is 12.1. The van der Waals surface area contributed by atoms with E-state index in [0.29, 0.717) is 0 Å². The van der Waals surface area contributed by atoms with E-state index in [2.05, 4.69) is 37.8 Å². The summed E-state index contributed by atoms with van der Waals surface area (Å²) < 4.78 is 4.09. The molecule has 0 fully saturated rings. The number of thiophene rings is 2. The van der Waals surface area contributed by atoms with Crippen molar-refractivity contribution < 1.29 is 4.79 Å². The highest BCUT2D eigenvalue weighted by molar-refractivity contribution is 7.31. The van der Waals surface area contributed by atoms with Crippen LogP contribution in [0.3, 0.4) is 0 Å².